The van der Waals surface area contributed by atoms with Gasteiger partial charge >= 0.3 is 0 Å². The summed E-state index contributed by atoms with van der Waals surface area (Å²) in [6, 6.07) is 5.50. The van der Waals surface area contributed by atoms with Crippen LogP contribution in [0.1, 0.15) is 29.0 Å². The van der Waals surface area contributed by atoms with E-state index in [2.05, 4.69) is 30.8 Å². The summed E-state index contributed by atoms with van der Waals surface area (Å²) in [6.45, 7) is 6.89. The zero-order valence-corrected chi connectivity index (χ0v) is 16.5. The summed E-state index contributed by atoms with van der Waals surface area (Å²) < 4.78 is 5.12. The van der Waals surface area contributed by atoms with Crippen LogP contribution in [0.15, 0.2) is 24.4 Å². The molecule has 0 unspecified atom stereocenters. The van der Waals surface area contributed by atoms with Gasteiger partial charge in [-0.2, -0.15) is 0 Å². The van der Waals surface area contributed by atoms with Gasteiger partial charge in [0.1, 0.15) is 17.5 Å². The topological polar surface area (TPSA) is 74.7 Å². The van der Waals surface area contributed by atoms with Gasteiger partial charge in [0, 0.05) is 63.2 Å². The molecule has 2 aromatic rings. The first-order valence-corrected chi connectivity index (χ1v) is 9.79. The summed E-state index contributed by atoms with van der Waals surface area (Å²) >= 11 is 0. The second-order valence-corrected chi connectivity index (χ2v) is 7.19. The number of amides is 1. The number of hydrogen-bond donors (Lipinski definition) is 0. The van der Waals surface area contributed by atoms with E-state index >= 15 is 0 Å². The van der Waals surface area contributed by atoms with Crippen LogP contribution in [-0.4, -0.2) is 72.1 Å². The number of carbonyl (C=O) groups excluding carboxylic acids is 1. The van der Waals surface area contributed by atoms with E-state index in [9.17, 15) is 4.79 Å². The molecule has 8 nitrogen and oxygen atoms in total. The maximum atomic E-state index is 12.8. The van der Waals surface area contributed by atoms with Crippen molar-refractivity contribution in [1.29, 1.82) is 0 Å². The molecule has 1 amide bonds. The second-order valence-electron chi connectivity index (χ2n) is 7.19. The maximum Gasteiger partial charge on any atom is 0.254 e. The van der Waals surface area contributed by atoms with Gasteiger partial charge in [-0.1, -0.05) is 0 Å². The first-order chi connectivity index (χ1) is 13.6. The number of piperazine rings is 1. The number of anilines is 2. The Balaban J connectivity index is 1.43. The molecule has 8 heteroatoms. The average molecular weight is 382 g/mol. The molecule has 148 valence electrons. The van der Waals surface area contributed by atoms with Crippen molar-refractivity contribution < 1.29 is 9.53 Å². The highest BCUT2D eigenvalue weighted by molar-refractivity contribution is 5.94. The van der Waals surface area contributed by atoms with Crippen LogP contribution in [0.25, 0.3) is 0 Å². The van der Waals surface area contributed by atoms with Crippen molar-refractivity contribution in [1.82, 2.24) is 19.9 Å². The fourth-order valence-electron chi connectivity index (χ4n) is 3.78. The number of rotatable bonds is 4. The summed E-state index contributed by atoms with van der Waals surface area (Å²) in [5.41, 5.74) is 0.606. The van der Waals surface area contributed by atoms with Crippen LogP contribution in [-0.2, 0) is 0 Å². The molecule has 2 fully saturated rings. The number of nitrogens with zero attached hydrogens (tertiary/aromatic N) is 6. The van der Waals surface area contributed by atoms with E-state index in [1.165, 1.54) is 12.8 Å². The molecule has 2 saturated heterocycles. The first-order valence-electron chi connectivity index (χ1n) is 9.79. The molecule has 0 aliphatic carbocycles. The van der Waals surface area contributed by atoms with Gasteiger partial charge in [-0.25, -0.2) is 15.0 Å². The minimum Gasteiger partial charge on any atom is -0.481 e. The molecule has 0 N–H and O–H groups in total. The minimum atomic E-state index is 0.0111. The number of pyridine rings is 1. The van der Waals surface area contributed by atoms with Crippen LogP contribution in [0.3, 0.4) is 0 Å². The van der Waals surface area contributed by atoms with Gasteiger partial charge in [-0.15, -0.1) is 0 Å². The van der Waals surface area contributed by atoms with Gasteiger partial charge in [0.15, 0.2) is 0 Å². The number of aromatic nitrogens is 3. The van der Waals surface area contributed by atoms with Crippen LogP contribution in [0.5, 0.6) is 5.88 Å². The van der Waals surface area contributed by atoms with E-state index in [0.717, 1.165) is 43.6 Å². The lowest BCUT2D eigenvalue weighted by Gasteiger charge is -2.35. The van der Waals surface area contributed by atoms with Crippen molar-refractivity contribution >= 4 is 17.5 Å². The number of carbonyl (C=O) groups is 1. The normalized spacial score (nSPS) is 17.1. The standard InChI is InChI=1S/C20H26N6O2/c1-15-22-17(24-7-3-4-8-24)14-18(23-15)25-9-11-26(12-10-25)20(27)16-5-6-21-19(13-16)28-2/h5-6,13-14H,3-4,7-12H2,1-2H3. The predicted octanol–water partition coefficient (Wildman–Crippen LogP) is 1.75. The molecule has 4 heterocycles. The van der Waals surface area contributed by atoms with Crippen LogP contribution >= 0.6 is 0 Å². The highest BCUT2D eigenvalue weighted by atomic mass is 16.5. The summed E-state index contributed by atoms with van der Waals surface area (Å²) in [5.74, 6) is 3.23. The zero-order chi connectivity index (χ0) is 19.5. The second kappa shape index (κ2) is 8.00. The Morgan fingerprint density at radius 3 is 2.25 bits per heavy atom. The van der Waals surface area contributed by atoms with Gasteiger partial charge in [0.2, 0.25) is 5.88 Å². The molecule has 2 aliphatic heterocycles. The molecule has 4 rings (SSSR count). The van der Waals surface area contributed by atoms with Crippen molar-refractivity contribution in [2.75, 3.05) is 56.2 Å². The van der Waals surface area contributed by atoms with Crippen molar-refractivity contribution in [3.63, 3.8) is 0 Å². The molecular formula is C20H26N6O2. The lowest BCUT2D eigenvalue weighted by molar-refractivity contribution is 0.0746. The number of methoxy groups -OCH3 is 1. The van der Waals surface area contributed by atoms with E-state index in [0.29, 0.717) is 24.5 Å². The largest absolute Gasteiger partial charge is 0.481 e. The van der Waals surface area contributed by atoms with Crippen molar-refractivity contribution in [2.24, 2.45) is 0 Å². The van der Waals surface area contributed by atoms with E-state index in [1.807, 2.05) is 11.8 Å². The molecule has 2 aliphatic rings. The van der Waals surface area contributed by atoms with Gasteiger partial charge < -0.3 is 19.4 Å². The van der Waals surface area contributed by atoms with Crippen LogP contribution < -0.4 is 14.5 Å². The zero-order valence-electron chi connectivity index (χ0n) is 16.5. The van der Waals surface area contributed by atoms with E-state index in [1.54, 1.807) is 25.4 Å². The SMILES string of the molecule is COc1cc(C(=O)N2CCN(c3cc(N4CCCC4)nc(C)n3)CC2)ccn1. The molecule has 0 atom stereocenters. The third kappa shape index (κ3) is 3.85. The van der Waals surface area contributed by atoms with Gasteiger partial charge in [-0.3, -0.25) is 4.79 Å². The van der Waals surface area contributed by atoms with Crippen molar-refractivity contribution in [3.8, 4) is 5.88 Å². The quantitative estimate of drug-likeness (QED) is 0.797. The molecule has 2 aromatic heterocycles. The maximum absolute atomic E-state index is 12.8. The molecule has 28 heavy (non-hydrogen) atoms. The Morgan fingerprint density at radius 2 is 1.61 bits per heavy atom. The Morgan fingerprint density at radius 1 is 0.964 bits per heavy atom. The van der Waals surface area contributed by atoms with Crippen LogP contribution in [0, 0.1) is 6.92 Å². The first kappa shape index (κ1) is 18.5. The van der Waals surface area contributed by atoms with Crippen LogP contribution in [0.2, 0.25) is 0 Å². The Kier molecular flexibility index (Phi) is 5.27. The van der Waals surface area contributed by atoms with E-state index in [4.69, 9.17) is 4.74 Å². The highest BCUT2D eigenvalue weighted by Gasteiger charge is 2.24. The summed E-state index contributed by atoms with van der Waals surface area (Å²) in [6.07, 6.45) is 4.05. The lowest BCUT2D eigenvalue weighted by atomic mass is 10.2. The van der Waals surface area contributed by atoms with Crippen molar-refractivity contribution in [3.05, 3.63) is 35.8 Å². The molecule has 0 aromatic carbocycles. The fourth-order valence-corrected chi connectivity index (χ4v) is 3.78. The molecule has 0 saturated carbocycles. The molecular weight excluding hydrogens is 356 g/mol. The van der Waals surface area contributed by atoms with Gasteiger partial charge in [-0.05, 0) is 25.8 Å². The average Bonchev–Trinajstić information content (AvgIpc) is 3.28. The predicted molar refractivity (Wildman–Crippen MR) is 107 cm³/mol. The number of ether oxygens (including phenoxy) is 1. The Hall–Kier alpha value is -2.90. The summed E-state index contributed by atoms with van der Waals surface area (Å²) in [4.78, 5) is 32.6. The molecule has 0 radical (unpaired) electrons. The third-order valence-corrected chi connectivity index (χ3v) is 5.32. The summed E-state index contributed by atoms with van der Waals surface area (Å²) in [7, 11) is 1.55. The lowest BCUT2D eigenvalue weighted by Crippen LogP contribution is -2.49. The monoisotopic (exact) mass is 382 g/mol. The Labute approximate surface area is 165 Å². The summed E-state index contributed by atoms with van der Waals surface area (Å²) in [5, 5.41) is 0. The minimum absolute atomic E-state index is 0.0111. The van der Waals surface area contributed by atoms with Crippen LogP contribution in [0.4, 0.5) is 11.6 Å². The molecule has 0 bridgehead atoms. The highest BCUT2D eigenvalue weighted by Crippen LogP contribution is 2.24. The van der Waals surface area contributed by atoms with E-state index < -0.39 is 0 Å². The fraction of sp³-hybridized carbons (Fsp3) is 0.500. The molecule has 0 spiro atoms. The van der Waals surface area contributed by atoms with Crippen molar-refractivity contribution in [2.45, 2.75) is 19.8 Å². The van der Waals surface area contributed by atoms with Gasteiger partial charge in [0.25, 0.3) is 5.91 Å². The van der Waals surface area contributed by atoms with E-state index in [-0.39, 0.29) is 5.91 Å². The smallest absolute Gasteiger partial charge is 0.254 e. The number of hydrogen-bond acceptors (Lipinski definition) is 7. The Bertz CT molecular complexity index is 844. The number of aryl methyl sites for hydroxylation is 1. The van der Waals surface area contributed by atoms with Gasteiger partial charge in [0.05, 0.1) is 7.11 Å². The third-order valence-electron chi connectivity index (χ3n) is 5.32.